The summed E-state index contributed by atoms with van der Waals surface area (Å²) in [6.45, 7) is 1.63. The first-order valence-electron chi connectivity index (χ1n) is 13.5. The fourth-order valence-corrected chi connectivity index (χ4v) is 4.61. The Morgan fingerprint density at radius 1 is 0.773 bits per heavy atom. The number of benzene rings is 3. The smallest absolute Gasteiger partial charge is 0.349 e. The maximum atomic E-state index is 12.9. The third-order valence-electron chi connectivity index (χ3n) is 6.87. The summed E-state index contributed by atoms with van der Waals surface area (Å²) in [5, 5.41) is 18.5. The Bertz CT molecular complexity index is 1360. The second-order valence-electron chi connectivity index (χ2n) is 9.90. The van der Waals surface area contributed by atoms with Gasteiger partial charge in [-0.15, -0.1) is 0 Å². The molecular weight excluding hydrogens is 577 g/mol. The number of ether oxygens (including phenoxy) is 3. The molecule has 4 atom stereocenters. The molecule has 1 saturated heterocycles. The molecule has 0 radical (unpaired) electrons. The molecule has 3 aromatic rings. The largest absolute Gasteiger partial charge is 0.478 e. The van der Waals surface area contributed by atoms with E-state index in [2.05, 4.69) is 4.90 Å². The lowest BCUT2D eigenvalue weighted by Gasteiger charge is -2.35. The van der Waals surface area contributed by atoms with Crippen molar-refractivity contribution in [1.82, 2.24) is 4.90 Å². The van der Waals surface area contributed by atoms with Crippen LogP contribution in [0.25, 0.3) is 0 Å². The fourth-order valence-electron chi connectivity index (χ4n) is 4.61. The van der Waals surface area contributed by atoms with Crippen LogP contribution >= 0.6 is 0 Å². The number of carboxylic acid groups (broad SMARTS) is 2. The van der Waals surface area contributed by atoms with Crippen LogP contribution in [-0.2, 0) is 28.6 Å². The Morgan fingerprint density at radius 3 is 1.64 bits per heavy atom. The van der Waals surface area contributed by atoms with Gasteiger partial charge in [0.1, 0.15) is 5.82 Å². The van der Waals surface area contributed by atoms with Gasteiger partial charge in [0, 0.05) is 6.54 Å². The summed E-state index contributed by atoms with van der Waals surface area (Å²) in [6.07, 6.45) is -3.54. The van der Waals surface area contributed by atoms with Gasteiger partial charge in [0.2, 0.25) is 12.2 Å². The first kappa shape index (κ1) is 33.4. The highest BCUT2D eigenvalue weighted by Crippen LogP contribution is 2.33. The van der Waals surface area contributed by atoms with Gasteiger partial charge in [-0.05, 0) is 67.9 Å². The molecule has 1 heterocycles. The Labute approximate surface area is 252 Å². The molecule has 1 aliphatic heterocycles. The minimum atomic E-state index is -2.21. The van der Waals surface area contributed by atoms with Gasteiger partial charge in [0.15, 0.2) is 0 Å². The standard InChI is InChI=1S/C18H14O8.C14H18FNO2/c19-15(20)13(25-17(23)11-7-3-1-4-8-11)14(16(21)22)26-18(24)12-9-5-2-6-10-12;1-16-8-7-12(13(9-16)14(17)18-2)10-3-5-11(15)6-4-10/h1-10,13-14H,(H,19,20)(H,21,22);3-6,12-13H,7-9H2,1-2H3/t13-,14-;12-,13-/m10/s1. The molecule has 1 fully saturated rings. The topological polar surface area (TPSA) is 157 Å². The number of carboxylic acids is 2. The first-order chi connectivity index (χ1) is 21.0. The molecule has 0 bridgehead atoms. The van der Waals surface area contributed by atoms with Gasteiger partial charge in [-0.25, -0.2) is 23.6 Å². The SMILES string of the molecule is COC(=O)[C@H]1CN(C)CC[C@H]1c1ccc(F)cc1.O=C(O[C@@H](C(=O)O)[C@@H](OC(=O)c1ccccc1)C(=O)O)c1ccccc1. The summed E-state index contributed by atoms with van der Waals surface area (Å²) in [4.78, 5) is 60.8. The zero-order valence-corrected chi connectivity index (χ0v) is 24.0. The van der Waals surface area contributed by atoms with Crippen LogP contribution in [0.3, 0.4) is 0 Å². The maximum absolute atomic E-state index is 12.9. The lowest BCUT2D eigenvalue weighted by atomic mass is 9.80. The number of piperidine rings is 1. The number of methoxy groups -OCH3 is 1. The lowest BCUT2D eigenvalue weighted by Crippen LogP contribution is -2.45. The molecule has 2 N–H and O–H groups in total. The molecule has 4 rings (SSSR count). The number of likely N-dealkylation sites (tertiary alicyclic amines) is 1. The summed E-state index contributed by atoms with van der Waals surface area (Å²) >= 11 is 0. The van der Waals surface area contributed by atoms with Crippen LogP contribution in [0.1, 0.15) is 38.6 Å². The van der Waals surface area contributed by atoms with Crippen LogP contribution in [0.2, 0.25) is 0 Å². The third-order valence-corrected chi connectivity index (χ3v) is 6.87. The molecule has 0 aliphatic carbocycles. The van der Waals surface area contributed by atoms with E-state index in [9.17, 15) is 38.6 Å². The number of carbonyl (C=O) groups is 5. The predicted octanol–water partition coefficient (Wildman–Crippen LogP) is 3.64. The zero-order valence-electron chi connectivity index (χ0n) is 24.0. The second-order valence-corrected chi connectivity index (χ2v) is 9.90. The Kier molecular flexibility index (Phi) is 12.1. The van der Waals surface area contributed by atoms with Gasteiger partial charge in [-0.1, -0.05) is 48.5 Å². The summed E-state index contributed by atoms with van der Waals surface area (Å²) in [5.41, 5.74) is 1.06. The van der Waals surface area contributed by atoms with Gasteiger partial charge in [-0.2, -0.15) is 0 Å². The molecule has 44 heavy (non-hydrogen) atoms. The quantitative estimate of drug-likeness (QED) is 0.270. The number of hydrogen-bond acceptors (Lipinski definition) is 9. The van der Waals surface area contributed by atoms with E-state index in [1.54, 1.807) is 24.3 Å². The van der Waals surface area contributed by atoms with E-state index in [1.807, 2.05) is 7.05 Å². The Hall–Kier alpha value is -5.10. The van der Waals surface area contributed by atoms with Gasteiger partial charge < -0.3 is 29.3 Å². The van der Waals surface area contributed by atoms with Crippen molar-refractivity contribution in [1.29, 1.82) is 0 Å². The second kappa shape index (κ2) is 15.9. The van der Waals surface area contributed by atoms with E-state index in [-0.39, 0.29) is 34.7 Å². The Balaban J connectivity index is 0.000000257. The molecule has 232 valence electrons. The van der Waals surface area contributed by atoms with Crippen molar-refractivity contribution in [3.63, 3.8) is 0 Å². The monoisotopic (exact) mass is 609 g/mol. The highest BCUT2D eigenvalue weighted by molar-refractivity contribution is 5.95. The van der Waals surface area contributed by atoms with E-state index in [1.165, 1.54) is 67.8 Å². The van der Waals surface area contributed by atoms with Crippen molar-refractivity contribution >= 4 is 29.8 Å². The number of carbonyl (C=O) groups excluding carboxylic acids is 3. The zero-order chi connectivity index (χ0) is 32.2. The third kappa shape index (κ3) is 9.20. The van der Waals surface area contributed by atoms with Crippen LogP contribution < -0.4 is 0 Å². The van der Waals surface area contributed by atoms with Crippen LogP contribution in [0, 0.1) is 11.7 Å². The van der Waals surface area contributed by atoms with Crippen LogP contribution in [0.5, 0.6) is 0 Å². The molecule has 0 spiro atoms. The van der Waals surface area contributed by atoms with Gasteiger partial charge in [-0.3, -0.25) is 4.79 Å². The molecule has 0 saturated carbocycles. The number of esters is 3. The molecule has 3 aromatic carbocycles. The average Bonchev–Trinajstić information content (AvgIpc) is 3.03. The summed E-state index contributed by atoms with van der Waals surface area (Å²) < 4.78 is 27.3. The summed E-state index contributed by atoms with van der Waals surface area (Å²) in [7, 11) is 3.41. The molecule has 0 aromatic heterocycles. The maximum Gasteiger partial charge on any atom is 0.349 e. The number of halogens is 1. The van der Waals surface area contributed by atoms with Crippen molar-refractivity contribution in [3.05, 3.63) is 107 Å². The molecule has 11 nitrogen and oxygen atoms in total. The summed E-state index contributed by atoms with van der Waals surface area (Å²) in [5.74, 6) is -6.12. The number of rotatable bonds is 9. The minimum absolute atomic E-state index is 0.0253. The minimum Gasteiger partial charge on any atom is -0.478 e. The highest BCUT2D eigenvalue weighted by atomic mass is 19.1. The summed E-state index contributed by atoms with van der Waals surface area (Å²) in [6, 6.07) is 21.3. The lowest BCUT2D eigenvalue weighted by molar-refractivity contribution is -0.166. The highest BCUT2D eigenvalue weighted by Gasteiger charge is 2.41. The molecule has 12 heteroatoms. The van der Waals surface area contributed by atoms with E-state index < -0.39 is 36.1 Å². The molecule has 0 amide bonds. The predicted molar refractivity (Wildman–Crippen MR) is 153 cm³/mol. The fraction of sp³-hybridized carbons (Fsp3) is 0.281. The van der Waals surface area contributed by atoms with Crippen LogP contribution in [-0.4, -0.2) is 84.4 Å². The van der Waals surface area contributed by atoms with Crippen LogP contribution in [0.15, 0.2) is 84.9 Å². The number of nitrogens with zero attached hydrogens (tertiary/aromatic N) is 1. The number of aliphatic carboxylic acids is 2. The first-order valence-corrected chi connectivity index (χ1v) is 13.5. The van der Waals surface area contributed by atoms with E-state index in [0.29, 0.717) is 6.54 Å². The van der Waals surface area contributed by atoms with Gasteiger partial charge in [0.05, 0.1) is 24.2 Å². The molecule has 1 aliphatic rings. The molecular formula is C32H32FNO10. The normalized spacial score (nSPS) is 17.5. The Morgan fingerprint density at radius 2 is 1.23 bits per heavy atom. The van der Waals surface area contributed by atoms with Crippen molar-refractivity contribution in [2.75, 3.05) is 27.2 Å². The van der Waals surface area contributed by atoms with Crippen molar-refractivity contribution in [2.45, 2.75) is 24.5 Å². The molecule has 0 unspecified atom stereocenters. The average molecular weight is 610 g/mol. The van der Waals surface area contributed by atoms with E-state index >= 15 is 0 Å². The van der Waals surface area contributed by atoms with Crippen molar-refractivity contribution in [2.24, 2.45) is 5.92 Å². The van der Waals surface area contributed by atoms with Crippen molar-refractivity contribution in [3.8, 4) is 0 Å². The number of hydrogen-bond donors (Lipinski definition) is 2. The van der Waals surface area contributed by atoms with Crippen LogP contribution in [0.4, 0.5) is 4.39 Å². The van der Waals surface area contributed by atoms with Gasteiger partial charge >= 0.3 is 29.8 Å². The van der Waals surface area contributed by atoms with Crippen molar-refractivity contribution < 1.29 is 52.8 Å². The van der Waals surface area contributed by atoms with E-state index in [0.717, 1.165) is 18.5 Å². The van der Waals surface area contributed by atoms with E-state index in [4.69, 9.17) is 14.2 Å². The van der Waals surface area contributed by atoms with Gasteiger partial charge in [0.25, 0.3) is 0 Å².